The van der Waals surface area contributed by atoms with Gasteiger partial charge < -0.3 is 15.5 Å². The Balaban J connectivity index is 1.91. The first kappa shape index (κ1) is 10.9. The summed E-state index contributed by atoms with van der Waals surface area (Å²) < 4.78 is 0. The Labute approximate surface area is 91.4 Å². The molecule has 0 bridgehead atoms. The fraction of sp³-hybridized carbons (Fsp3) is 0.909. The third kappa shape index (κ3) is 2.32. The molecule has 1 unspecified atom stereocenters. The summed E-state index contributed by atoms with van der Waals surface area (Å²) in [4.78, 5) is 16.2. The van der Waals surface area contributed by atoms with Crippen molar-refractivity contribution in [1.82, 2.24) is 9.80 Å². The number of piperidine rings is 1. The van der Waals surface area contributed by atoms with E-state index >= 15 is 0 Å². The summed E-state index contributed by atoms with van der Waals surface area (Å²) in [6, 6.07) is 0.477. The summed E-state index contributed by atoms with van der Waals surface area (Å²) in [5.41, 5.74) is 5.62. The number of hydrogen-bond donors (Lipinski definition) is 1. The highest BCUT2D eigenvalue weighted by molar-refractivity contribution is 5.79. The van der Waals surface area contributed by atoms with Crippen LogP contribution < -0.4 is 5.73 Å². The summed E-state index contributed by atoms with van der Waals surface area (Å²) in [5, 5.41) is 0. The minimum atomic E-state index is 0.319. The second-order valence-corrected chi connectivity index (χ2v) is 4.89. The first-order valence-electron chi connectivity index (χ1n) is 5.88. The second-order valence-electron chi connectivity index (χ2n) is 4.89. The number of rotatable bonds is 2. The average Bonchev–Trinajstić information content (AvgIpc) is 2.61. The predicted molar refractivity (Wildman–Crippen MR) is 59.4 cm³/mol. The topological polar surface area (TPSA) is 49.6 Å². The van der Waals surface area contributed by atoms with Crippen LogP contribution in [0.1, 0.15) is 19.3 Å². The zero-order chi connectivity index (χ0) is 10.8. The van der Waals surface area contributed by atoms with Crippen LogP contribution in [-0.2, 0) is 4.79 Å². The normalized spacial score (nSPS) is 30.1. The lowest BCUT2D eigenvalue weighted by atomic mass is 10.0. The third-order valence-electron chi connectivity index (χ3n) is 3.70. The largest absolute Gasteiger partial charge is 0.339 e. The minimum absolute atomic E-state index is 0.319. The number of carbonyl (C=O) groups excluding carboxylic acids is 1. The zero-order valence-electron chi connectivity index (χ0n) is 9.48. The van der Waals surface area contributed by atoms with Crippen molar-refractivity contribution in [3.8, 4) is 0 Å². The van der Waals surface area contributed by atoms with Crippen LogP contribution in [0.5, 0.6) is 0 Å². The molecule has 2 aliphatic heterocycles. The van der Waals surface area contributed by atoms with Gasteiger partial charge in [-0.1, -0.05) is 0 Å². The maximum atomic E-state index is 11.8. The van der Waals surface area contributed by atoms with Gasteiger partial charge in [0.1, 0.15) is 0 Å². The van der Waals surface area contributed by atoms with Crippen LogP contribution in [0.3, 0.4) is 0 Å². The van der Waals surface area contributed by atoms with Gasteiger partial charge in [0.2, 0.25) is 5.91 Å². The highest BCUT2D eigenvalue weighted by Gasteiger charge is 2.34. The summed E-state index contributed by atoms with van der Waals surface area (Å²) in [6.07, 6.45) is 2.92. The van der Waals surface area contributed by atoms with Crippen LogP contribution in [0.25, 0.3) is 0 Å². The second kappa shape index (κ2) is 4.49. The lowest BCUT2D eigenvalue weighted by Crippen LogP contribution is -2.44. The lowest BCUT2D eigenvalue weighted by Gasteiger charge is -2.35. The molecule has 2 rings (SSSR count). The Kier molecular flexibility index (Phi) is 3.26. The Morgan fingerprint density at radius 1 is 1.40 bits per heavy atom. The molecule has 0 saturated carbocycles. The monoisotopic (exact) mass is 211 g/mol. The van der Waals surface area contributed by atoms with Crippen molar-refractivity contribution >= 4 is 5.91 Å². The maximum absolute atomic E-state index is 11.8. The van der Waals surface area contributed by atoms with E-state index in [0.717, 1.165) is 32.5 Å². The molecule has 0 radical (unpaired) electrons. The van der Waals surface area contributed by atoms with Gasteiger partial charge in [0.15, 0.2) is 0 Å². The molecule has 0 spiro atoms. The number of amides is 1. The zero-order valence-corrected chi connectivity index (χ0v) is 9.48. The van der Waals surface area contributed by atoms with Crippen molar-refractivity contribution < 1.29 is 4.79 Å². The molecule has 1 amide bonds. The molecule has 2 heterocycles. The van der Waals surface area contributed by atoms with Gasteiger partial charge >= 0.3 is 0 Å². The van der Waals surface area contributed by atoms with Gasteiger partial charge in [0, 0.05) is 19.0 Å². The van der Waals surface area contributed by atoms with Crippen molar-refractivity contribution in [2.75, 3.05) is 33.2 Å². The van der Waals surface area contributed by atoms with Crippen LogP contribution in [-0.4, -0.2) is 55.0 Å². The molecular weight excluding hydrogens is 190 g/mol. The minimum Gasteiger partial charge on any atom is -0.339 e. The molecule has 86 valence electrons. The molecule has 0 aromatic heterocycles. The predicted octanol–water partition coefficient (Wildman–Crippen LogP) is -0.112. The van der Waals surface area contributed by atoms with Gasteiger partial charge in [-0.25, -0.2) is 0 Å². The van der Waals surface area contributed by atoms with Gasteiger partial charge in [0.25, 0.3) is 0 Å². The molecule has 2 fully saturated rings. The number of likely N-dealkylation sites (tertiary alicyclic amines) is 2. The third-order valence-corrected chi connectivity index (χ3v) is 3.70. The number of carbonyl (C=O) groups is 1. The van der Waals surface area contributed by atoms with Crippen molar-refractivity contribution in [1.29, 1.82) is 0 Å². The van der Waals surface area contributed by atoms with Gasteiger partial charge in [-0.2, -0.15) is 0 Å². The molecule has 4 heteroatoms. The number of nitrogens with two attached hydrogens (primary N) is 1. The van der Waals surface area contributed by atoms with E-state index in [4.69, 9.17) is 5.73 Å². The van der Waals surface area contributed by atoms with Crippen molar-refractivity contribution in [3.63, 3.8) is 0 Å². The fourth-order valence-corrected chi connectivity index (χ4v) is 2.63. The molecular formula is C11H21N3O. The number of hydrogen-bond acceptors (Lipinski definition) is 3. The van der Waals surface area contributed by atoms with Crippen LogP contribution in [0, 0.1) is 5.92 Å². The smallest absolute Gasteiger partial charge is 0.223 e. The lowest BCUT2D eigenvalue weighted by molar-refractivity contribution is -0.130. The van der Waals surface area contributed by atoms with Crippen LogP contribution in [0.15, 0.2) is 0 Å². The van der Waals surface area contributed by atoms with Crippen LogP contribution in [0.4, 0.5) is 0 Å². The Hall–Kier alpha value is -0.610. The van der Waals surface area contributed by atoms with Crippen molar-refractivity contribution in [2.24, 2.45) is 11.7 Å². The first-order chi connectivity index (χ1) is 7.20. The summed E-state index contributed by atoms with van der Waals surface area (Å²) >= 11 is 0. The molecule has 4 nitrogen and oxygen atoms in total. The summed E-state index contributed by atoms with van der Waals surface area (Å²) in [7, 11) is 2.14. The molecule has 2 N–H and O–H groups in total. The van der Waals surface area contributed by atoms with E-state index in [1.165, 1.54) is 0 Å². The SMILES string of the molecule is CN1CCC(N2CC(CN)CC2=O)CC1. The first-order valence-corrected chi connectivity index (χ1v) is 5.88. The van der Waals surface area contributed by atoms with Crippen LogP contribution >= 0.6 is 0 Å². The van der Waals surface area contributed by atoms with Gasteiger partial charge in [-0.15, -0.1) is 0 Å². The Bertz CT molecular complexity index is 236. The molecule has 15 heavy (non-hydrogen) atoms. The molecule has 0 aromatic carbocycles. The molecule has 2 saturated heterocycles. The van der Waals surface area contributed by atoms with Gasteiger partial charge in [-0.05, 0) is 45.4 Å². The Morgan fingerprint density at radius 2 is 2.07 bits per heavy atom. The highest BCUT2D eigenvalue weighted by Crippen LogP contribution is 2.24. The van der Waals surface area contributed by atoms with Crippen molar-refractivity contribution in [3.05, 3.63) is 0 Å². The molecule has 0 aromatic rings. The van der Waals surface area contributed by atoms with E-state index in [2.05, 4.69) is 16.8 Å². The number of nitrogens with zero attached hydrogens (tertiary/aromatic N) is 2. The van der Waals surface area contributed by atoms with E-state index in [9.17, 15) is 4.79 Å². The van der Waals surface area contributed by atoms with Crippen LogP contribution in [0.2, 0.25) is 0 Å². The van der Waals surface area contributed by atoms with E-state index < -0.39 is 0 Å². The summed E-state index contributed by atoms with van der Waals surface area (Å²) in [5.74, 6) is 0.720. The van der Waals surface area contributed by atoms with E-state index in [-0.39, 0.29) is 0 Å². The van der Waals surface area contributed by atoms with Gasteiger partial charge in [0.05, 0.1) is 0 Å². The summed E-state index contributed by atoms with van der Waals surface area (Å²) in [6.45, 7) is 3.77. The van der Waals surface area contributed by atoms with Gasteiger partial charge in [-0.3, -0.25) is 4.79 Å². The fourth-order valence-electron chi connectivity index (χ4n) is 2.63. The standard InChI is InChI=1S/C11H21N3O/c1-13-4-2-10(3-5-13)14-8-9(7-12)6-11(14)15/h9-10H,2-8,12H2,1H3. The highest BCUT2D eigenvalue weighted by atomic mass is 16.2. The average molecular weight is 211 g/mol. The molecule has 1 atom stereocenters. The molecule has 2 aliphatic rings. The molecule has 0 aliphatic carbocycles. The quantitative estimate of drug-likeness (QED) is 0.693. The van der Waals surface area contributed by atoms with E-state index in [1.54, 1.807) is 0 Å². The van der Waals surface area contributed by atoms with E-state index in [0.29, 0.717) is 30.8 Å². The van der Waals surface area contributed by atoms with E-state index in [1.807, 2.05) is 0 Å². The maximum Gasteiger partial charge on any atom is 0.223 e. The Morgan fingerprint density at radius 3 is 2.60 bits per heavy atom. The van der Waals surface area contributed by atoms with Crippen molar-refractivity contribution in [2.45, 2.75) is 25.3 Å².